The van der Waals surface area contributed by atoms with E-state index < -0.39 is 11.7 Å². The minimum Gasteiger partial charge on any atom is -0.497 e. The topological polar surface area (TPSA) is 77.5 Å². The Kier molecular flexibility index (Phi) is 4.74. The molecule has 24 heavy (non-hydrogen) atoms. The number of carbonyl (C=O) groups excluding carboxylic acids is 2. The molecular weight excluding hydrogens is 308 g/mol. The zero-order valence-electron chi connectivity index (χ0n) is 13.3. The van der Waals surface area contributed by atoms with Crippen LogP contribution in [0, 0.1) is 5.92 Å². The number of amides is 1. The maximum absolute atomic E-state index is 12.0. The summed E-state index contributed by atoms with van der Waals surface area (Å²) in [6.45, 7) is 0.873. The summed E-state index contributed by atoms with van der Waals surface area (Å²) in [5.41, 5.74) is 1.35. The quantitative estimate of drug-likeness (QED) is 0.668. The zero-order valence-corrected chi connectivity index (χ0v) is 13.3. The number of aromatic nitrogens is 1. The van der Waals surface area contributed by atoms with Crippen molar-refractivity contribution >= 4 is 11.7 Å². The average molecular weight is 326 g/mol. The molecule has 6 heteroatoms. The molecule has 1 N–H and O–H groups in total. The Morgan fingerprint density at radius 1 is 1.38 bits per heavy atom. The van der Waals surface area contributed by atoms with Gasteiger partial charge in [0, 0.05) is 36.5 Å². The summed E-state index contributed by atoms with van der Waals surface area (Å²) >= 11 is 0. The van der Waals surface area contributed by atoms with Gasteiger partial charge in [0.15, 0.2) is 0 Å². The molecule has 0 radical (unpaired) electrons. The summed E-state index contributed by atoms with van der Waals surface area (Å²) in [5.74, 6) is 0.482. The molecule has 0 saturated carbocycles. The van der Waals surface area contributed by atoms with Gasteiger partial charge in [-0.05, 0) is 30.2 Å². The van der Waals surface area contributed by atoms with Gasteiger partial charge in [0.05, 0.1) is 13.7 Å². The summed E-state index contributed by atoms with van der Waals surface area (Å²) < 4.78 is 10.9. The van der Waals surface area contributed by atoms with Crippen LogP contribution in [0.15, 0.2) is 42.7 Å². The van der Waals surface area contributed by atoms with E-state index in [0.717, 1.165) is 23.5 Å². The number of fused-ring (bicyclic) bond motifs is 1. The van der Waals surface area contributed by atoms with E-state index in [2.05, 4.69) is 10.3 Å². The number of methoxy groups -OCH3 is 1. The van der Waals surface area contributed by atoms with Crippen LogP contribution in [0.4, 0.5) is 0 Å². The molecule has 2 aromatic rings. The number of hydrogen-bond acceptors (Lipinski definition) is 5. The Hall–Kier alpha value is -2.89. The van der Waals surface area contributed by atoms with Gasteiger partial charge >= 0.3 is 0 Å². The highest BCUT2D eigenvalue weighted by molar-refractivity contribution is 6.42. The molecule has 0 bridgehead atoms. The second-order valence-corrected chi connectivity index (χ2v) is 5.64. The molecule has 1 aliphatic rings. The van der Waals surface area contributed by atoms with Crippen LogP contribution in [0.3, 0.4) is 0 Å². The standard InChI is InChI=1S/C18H18N2O4/c1-23-15-5-4-13-7-12(11-24-16(13)8-15)9-20-18(22)17(21)14-3-2-6-19-10-14/h2-6,8,10,12H,7,9,11H2,1H3,(H,20,22)/t12-/m1/s1. The number of carbonyl (C=O) groups is 2. The maximum Gasteiger partial charge on any atom is 0.292 e. The molecule has 0 aliphatic carbocycles. The molecule has 0 unspecified atom stereocenters. The van der Waals surface area contributed by atoms with E-state index in [4.69, 9.17) is 9.47 Å². The van der Waals surface area contributed by atoms with Gasteiger partial charge in [0.2, 0.25) is 0 Å². The maximum atomic E-state index is 12.0. The van der Waals surface area contributed by atoms with Gasteiger partial charge < -0.3 is 14.8 Å². The third-order valence-corrected chi connectivity index (χ3v) is 3.94. The summed E-state index contributed by atoms with van der Waals surface area (Å²) in [5, 5.41) is 2.68. The van der Waals surface area contributed by atoms with Crippen molar-refractivity contribution in [1.29, 1.82) is 0 Å². The molecule has 124 valence electrons. The fourth-order valence-corrected chi connectivity index (χ4v) is 2.62. The number of benzene rings is 1. The lowest BCUT2D eigenvalue weighted by atomic mass is 9.96. The van der Waals surface area contributed by atoms with Crippen LogP contribution in [0.2, 0.25) is 0 Å². The molecule has 0 saturated heterocycles. The van der Waals surface area contributed by atoms with Gasteiger partial charge in [-0.15, -0.1) is 0 Å². The van der Waals surface area contributed by atoms with Crippen LogP contribution in [0.25, 0.3) is 0 Å². The van der Waals surface area contributed by atoms with Crippen LogP contribution >= 0.6 is 0 Å². The second kappa shape index (κ2) is 7.12. The van der Waals surface area contributed by atoms with Crippen molar-refractivity contribution in [2.45, 2.75) is 6.42 Å². The monoisotopic (exact) mass is 326 g/mol. The first kappa shape index (κ1) is 16.0. The molecule has 1 aromatic carbocycles. The Morgan fingerprint density at radius 2 is 2.25 bits per heavy atom. The van der Waals surface area contributed by atoms with Crippen molar-refractivity contribution in [3.05, 3.63) is 53.9 Å². The van der Waals surface area contributed by atoms with E-state index in [0.29, 0.717) is 13.2 Å². The number of ether oxygens (including phenoxy) is 2. The molecule has 1 amide bonds. The van der Waals surface area contributed by atoms with Gasteiger partial charge in [-0.2, -0.15) is 0 Å². The molecule has 6 nitrogen and oxygen atoms in total. The van der Waals surface area contributed by atoms with E-state index >= 15 is 0 Å². The van der Waals surface area contributed by atoms with E-state index in [-0.39, 0.29) is 11.5 Å². The third-order valence-electron chi connectivity index (χ3n) is 3.94. The SMILES string of the molecule is COc1ccc2c(c1)OC[C@@H](CNC(=O)C(=O)c1cccnc1)C2. The highest BCUT2D eigenvalue weighted by Gasteiger charge is 2.23. The predicted molar refractivity (Wildman–Crippen MR) is 87.3 cm³/mol. The van der Waals surface area contributed by atoms with Crippen molar-refractivity contribution in [2.24, 2.45) is 5.92 Å². The molecule has 1 aromatic heterocycles. The summed E-state index contributed by atoms with van der Waals surface area (Å²) in [4.78, 5) is 27.8. The predicted octanol–water partition coefficient (Wildman–Crippen LogP) is 1.64. The lowest BCUT2D eigenvalue weighted by Gasteiger charge is -2.25. The van der Waals surface area contributed by atoms with E-state index in [1.54, 1.807) is 25.4 Å². The number of hydrogen-bond donors (Lipinski definition) is 1. The van der Waals surface area contributed by atoms with Crippen molar-refractivity contribution in [1.82, 2.24) is 10.3 Å². The third kappa shape index (κ3) is 3.53. The highest BCUT2D eigenvalue weighted by Crippen LogP contribution is 2.30. The fraction of sp³-hybridized carbons (Fsp3) is 0.278. The van der Waals surface area contributed by atoms with Crippen molar-refractivity contribution in [3.8, 4) is 11.5 Å². The van der Waals surface area contributed by atoms with Gasteiger partial charge in [0.1, 0.15) is 11.5 Å². The Labute approximate surface area is 139 Å². The number of pyridine rings is 1. The lowest BCUT2D eigenvalue weighted by molar-refractivity contribution is -0.117. The largest absolute Gasteiger partial charge is 0.497 e. The first-order valence-corrected chi connectivity index (χ1v) is 7.69. The van der Waals surface area contributed by atoms with Crippen LogP contribution in [-0.2, 0) is 11.2 Å². The molecule has 2 heterocycles. The van der Waals surface area contributed by atoms with Crippen LogP contribution in [0.1, 0.15) is 15.9 Å². The summed E-state index contributed by atoms with van der Waals surface area (Å²) in [7, 11) is 1.61. The Bertz CT molecular complexity index is 746. The fourth-order valence-electron chi connectivity index (χ4n) is 2.62. The molecule has 0 spiro atoms. The molecule has 1 aliphatic heterocycles. The molecular formula is C18H18N2O4. The van der Waals surface area contributed by atoms with Gasteiger partial charge in [-0.1, -0.05) is 6.07 Å². The minimum absolute atomic E-state index is 0.122. The van der Waals surface area contributed by atoms with Gasteiger partial charge in [-0.3, -0.25) is 14.6 Å². The van der Waals surface area contributed by atoms with E-state index in [1.807, 2.05) is 18.2 Å². The summed E-state index contributed by atoms with van der Waals surface area (Å²) in [6, 6.07) is 8.90. The van der Waals surface area contributed by atoms with E-state index in [9.17, 15) is 9.59 Å². The number of rotatable bonds is 5. The van der Waals surface area contributed by atoms with Gasteiger partial charge in [0.25, 0.3) is 11.7 Å². The Balaban J connectivity index is 1.56. The Morgan fingerprint density at radius 3 is 3.00 bits per heavy atom. The zero-order chi connectivity index (χ0) is 16.9. The lowest BCUT2D eigenvalue weighted by Crippen LogP contribution is -2.38. The number of nitrogens with zero attached hydrogens (tertiary/aromatic N) is 1. The van der Waals surface area contributed by atoms with Crippen molar-refractivity contribution in [3.63, 3.8) is 0 Å². The normalized spacial score (nSPS) is 15.8. The molecule has 1 atom stereocenters. The van der Waals surface area contributed by atoms with Crippen LogP contribution < -0.4 is 14.8 Å². The van der Waals surface area contributed by atoms with Crippen LogP contribution in [-0.4, -0.2) is 36.9 Å². The number of nitrogens with one attached hydrogen (secondary N) is 1. The second-order valence-electron chi connectivity index (χ2n) is 5.64. The molecule has 0 fully saturated rings. The first-order valence-electron chi connectivity index (χ1n) is 7.69. The van der Waals surface area contributed by atoms with Gasteiger partial charge in [-0.25, -0.2) is 0 Å². The van der Waals surface area contributed by atoms with Crippen molar-refractivity contribution in [2.75, 3.05) is 20.3 Å². The minimum atomic E-state index is -0.622. The first-order chi connectivity index (χ1) is 11.7. The summed E-state index contributed by atoms with van der Waals surface area (Å²) in [6.07, 6.45) is 3.72. The average Bonchev–Trinajstić information content (AvgIpc) is 2.65. The van der Waals surface area contributed by atoms with Crippen molar-refractivity contribution < 1.29 is 19.1 Å². The van der Waals surface area contributed by atoms with E-state index in [1.165, 1.54) is 6.20 Å². The number of ketones is 1. The molecule has 3 rings (SSSR count). The smallest absolute Gasteiger partial charge is 0.292 e. The van der Waals surface area contributed by atoms with Crippen LogP contribution in [0.5, 0.6) is 11.5 Å². The highest BCUT2D eigenvalue weighted by atomic mass is 16.5. The number of Topliss-reactive ketones (excluding diaryl/α,β-unsaturated/α-hetero) is 1.